The van der Waals surface area contributed by atoms with Crippen LogP contribution in [0.5, 0.6) is 0 Å². The average molecular weight is 1400 g/mol. The van der Waals surface area contributed by atoms with Crippen molar-refractivity contribution in [2.75, 3.05) is 102 Å². The summed E-state index contributed by atoms with van der Waals surface area (Å²) in [7, 11) is 9.70. The number of halogens is 4. The van der Waals surface area contributed by atoms with Gasteiger partial charge in [-0.05, 0) is 112 Å². The number of carbonyl (C=O) groups excluding carboxylic acids is 12. The van der Waals surface area contributed by atoms with Gasteiger partial charge in [-0.25, -0.2) is 0 Å². The van der Waals surface area contributed by atoms with Crippen molar-refractivity contribution >= 4 is 82.5 Å². The normalized spacial score (nSPS) is 26.0. The Morgan fingerprint density at radius 2 is 1.29 bits per heavy atom. The Hall–Kier alpha value is -7.10. The summed E-state index contributed by atoms with van der Waals surface area (Å²) >= 11 is 6.13. The molecule has 5 fully saturated rings. The largest absolute Gasteiger partial charge is 0.417 e. The van der Waals surface area contributed by atoms with Gasteiger partial charge in [0.1, 0.15) is 47.8 Å². The fourth-order valence-corrected chi connectivity index (χ4v) is 14.5. The molecule has 3 aliphatic heterocycles. The zero-order valence-corrected chi connectivity index (χ0v) is 60.2. The number of aryl methyl sites for hydroxylation is 1. The van der Waals surface area contributed by atoms with Crippen LogP contribution in [0.2, 0.25) is 5.02 Å². The van der Waals surface area contributed by atoms with Crippen LogP contribution in [-0.4, -0.2) is 265 Å². The van der Waals surface area contributed by atoms with Crippen LogP contribution in [0.25, 0.3) is 0 Å². The molecule has 12 amide bonds. The van der Waals surface area contributed by atoms with Crippen molar-refractivity contribution in [3.63, 3.8) is 0 Å². The van der Waals surface area contributed by atoms with E-state index in [1.807, 2.05) is 27.7 Å². The average Bonchev–Trinajstić information content (AvgIpc) is 1.37. The van der Waals surface area contributed by atoms with E-state index in [0.29, 0.717) is 70.9 Å². The third-order valence-electron chi connectivity index (χ3n) is 20.4. The van der Waals surface area contributed by atoms with Gasteiger partial charge in [-0.15, -0.1) is 0 Å². The summed E-state index contributed by atoms with van der Waals surface area (Å²) in [4.78, 5) is 189. The molecule has 2 aliphatic carbocycles. The molecule has 5 aliphatic rings. The van der Waals surface area contributed by atoms with Crippen molar-refractivity contribution < 1.29 is 75.4 Å². The van der Waals surface area contributed by atoms with E-state index in [0.717, 1.165) is 51.0 Å². The number of likely N-dealkylation sites (N-methyl/N-ethyl adjacent to an activating group) is 7. The zero-order chi connectivity index (χ0) is 72.7. The minimum Gasteiger partial charge on any atom is -0.379 e. The first-order valence-corrected chi connectivity index (χ1v) is 35.3. The van der Waals surface area contributed by atoms with Gasteiger partial charge in [0.25, 0.3) is 0 Å². The molecule has 3 N–H and O–H groups in total. The predicted molar refractivity (Wildman–Crippen MR) is 359 cm³/mol. The number of rotatable bonds is 13. The highest BCUT2D eigenvalue weighted by atomic mass is 35.5. The highest BCUT2D eigenvalue weighted by molar-refractivity contribution is 6.31. The molecule has 3 heterocycles. The number of alkyl halides is 3. The van der Waals surface area contributed by atoms with Crippen LogP contribution in [0.3, 0.4) is 0 Å². The van der Waals surface area contributed by atoms with Crippen LogP contribution in [0.4, 0.5) is 13.2 Å². The topological polar surface area (TPSA) is 279 Å². The van der Waals surface area contributed by atoms with E-state index in [1.165, 1.54) is 75.0 Å². The van der Waals surface area contributed by atoms with Gasteiger partial charge in [-0.3, -0.25) is 57.5 Å². The lowest BCUT2D eigenvalue weighted by Crippen LogP contribution is -2.65. The molecule has 29 heteroatoms. The first-order chi connectivity index (χ1) is 46.2. The van der Waals surface area contributed by atoms with Crippen molar-refractivity contribution in [2.45, 2.75) is 211 Å². The smallest absolute Gasteiger partial charge is 0.379 e. The number of nitrogens with one attached hydrogen (secondary N) is 3. The monoisotopic (exact) mass is 1400 g/mol. The van der Waals surface area contributed by atoms with Crippen molar-refractivity contribution in [1.82, 2.24) is 60.0 Å². The number of likely N-dealkylation sites (tertiary alicyclic amines) is 1. The Morgan fingerprint density at radius 3 is 1.89 bits per heavy atom. The first-order valence-electron chi connectivity index (χ1n) is 34.9. The SMILES string of the molecule is CCCOC[C@H]1C(=O)N(C)CC(=O)N[C@@H](CCc2ccc(C(F)(F)F)c(Cl)c2)C(=O)N2CCCC2C(=O)NC2(CCCC2)C(=O)N(C)[C@@H](C2CCCCC2)C(=O)N(C)[C@H](C(=O)N2CCCC2)CC(=O)N(C)[C@@H](CC(C)C)C(=O)N[C@@H]([C@@H](C)CC)C(=O)N(C)CC(=O)N(C)CC(=O)N1C. The van der Waals surface area contributed by atoms with Gasteiger partial charge < -0.3 is 64.8 Å². The molecule has 548 valence electrons. The number of fused-ring (bicyclic) bond motifs is 1. The first kappa shape index (κ1) is 79.9. The molecule has 25 nitrogen and oxygen atoms in total. The number of hydrogen-bond acceptors (Lipinski definition) is 13. The minimum absolute atomic E-state index is 0.0224. The standard InChI is InChI=1S/C69H106ClF3N12O13/c1-13-35-98-42-53-63(93)78(7)39-54(86)74-49(29-27-45-26-28-47(48(70)37-45)69(71,72)73)62(92)85-34-22-25-50(85)61(91)76-68(30-18-19-31-68)67(97)83(12)59(46-23-16-15-17-24-46)66(96)82(11)52(64(94)84-32-20-21-33-84)38-55(87)80(9)51(36-43(3)4)60(90)75-58(44(5)14-2)65(95)79(8)40-56(88)77(6)41-57(89)81(53)10/h26,28,37,43-44,46,49-53,58-59H,13-25,27,29-36,38-42H2,1-12H3,(H,74,86)(H,75,90)(H,76,91)/t44-,49-,50?,51-,52-,53-,58-,59-/m0/s1. The number of hydrogen-bond donors (Lipinski definition) is 3. The molecule has 2 saturated carbocycles. The van der Waals surface area contributed by atoms with E-state index in [1.54, 1.807) is 11.8 Å². The number of ether oxygens (including phenoxy) is 1. The molecule has 0 bridgehead atoms. The maximum Gasteiger partial charge on any atom is 0.417 e. The maximum absolute atomic E-state index is 15.7. The summed E-state index contributed by atoms with van der Waals surface area (Å²) in [5.74, 6) is -9.21. The molecule has 1 spiro atoms. The third-order valence-corrected chi connectivity index (χ3v) is 20.8. The van der Waals surface area contributed by atoms with Crippen LogP contribution < -0.4 is 16.0 Å². The van der Waals surface area contributed by atoms with E-state index in [-0.39, 0.29) is 69.8 Å². The summed E-state index contributed by atoms with van der Waals surface area (Å²) < 4.78 is 47.3. The number of carbonyl (C=O) groups is 12. The van der Waals surface area contributed by atoms with Crippen LogP contribution in [0.15, 0.2) is 18.2 Å². The summed E-state index contributed by atoms with van der Waals surface area (Å²) in [5, 5.41) is 8.06. The van der Waals surface area contributed by atoms with Crippen molar-refractivity contribution in [1.29, 1.82) is 0 Å². The van der Waals surface area contributed by atoms with Gasteiger partial charge in [0.2, 0.25) is 70.9 Å². The quantitative estimate of drug-likeness (QED) is 0.230. The Labute approximate surface area is 580 Å². The lowest BCUT2D eigenvalue weighted by atomic mass is 9.81. The molecule has 1 unspecified atom stereocenters. The molecular weight excluding hydrogens is 1300 g/mol. The molecule has 0 radical (unpaired) electrons. The summed E-state index contributed by atoms with van der Waals surface area (Å²) in [6.45, 7) is 7.89. The highest BCUT2D eigenvalue weighted by Gasteiger charge is 2.51. The second kappa shape index (κ2) is 35.8. The maximum atomic E-state index is 15.7. The molecule has 3 saturated heterocycles. The van der Waals surface area contributed by atoms with Crippen LogP contribution in [0, 0.1) is 17.8 Å². The van der Waals surface area contributed by atoms with E-state index in [4.69, 9.17) is 16.3 Å². The molecule has 0 aromatic heterocycles. The Bertz CT molecular complexity index is 3030. The highest BCUT2D eigenvalue weighted by Crippen LogP contribution is 2.38. The van der Waals surface area contributed by atoms with Gasteiger partial charge in [-0.1, -0.05) is 90.8 Å². The second-order valence-corrected chi connectivity index (χ2v) is 28.6. The fourth-order valence-electron chi connectivity index (χ4n) is 14.2. The molecular formula is C69H106ClF3N12O13. The van der Waals surface area contributed by atoms with E-state index < -0.39 is 173 Å². The molecule has 1 aromatic carbocycles. The number of nitrogens with zero attached hydrogens (tertiary/aromatic N) is 9. The van der Waals surface area contributed by atoms with Gasteiger partial charge in [-0.2, -0.15) is 13.2 Å². The van der Waals surface area contributed by atoms with E-state index in [9.17, 15) is 46.7 Å². The minimum atomic E-state index is -4.77. The lowest BCUT2D eigenvalue weighted by Gasteiger charge is -2.43. The second-order valence-electron chi connectivity index (χ2n) is 28.2. The number of amides is 12. The predicted octanol–water partition coefficient (Wildman–Crippen LogP) is 4.49. The van der Waals surface area contributed by atoms with Crippen LogP contribution >= 0.6 is 11.6 Å². The summed E-state index contributed by atoms with van der Waals surface area (Å²) in [6, 6.07) is -5.88. The van der Waals surface area contributed by atoms with Crippen LogP contribution in [0.1, 0.15) is 161 Å². The fraction of sp³-hybridized carbons (Fsp3) is 0.739. The molecule has 6 rings (SSSR count). The third kappa shape index (κ3) is 20.1. The van der Waals surface area contributed by atoms with Gasteiger partial charge in [0, 0.05) is 75.6 Å². The Balaban J connectivity index is 1.43. The van der Waals surface area contributed by atoms with Crippen molar-refractivity contribution in [3.05, 3.63) is 34.3 Å². The van der Waals surface area contributed by atoms with Crippen molar-refractivity contribution in [3.8, 4) is 0 Å². The summed E-state index contributed by atoms with van der Waals surface area (Å²) in [6.07, 6.45) is 2.03. The van der Waals surface area contributed by atoms with Gasteiger partial charge in [0.15, 0.2) is 0 Å². The van der Waals surface area contributed by atoms with E-state index >= 15 is 24.0 Å². The van der Waals surface area contributed by atoms with Crippen LogP contribution in [-0.2, 0) is 74.9 Å². The number of benzene rings is 1. The molecule has 8 atom stereocenters. The lowest BCUT2D eigenvalue weighted by molar-refractivity contribution is -0.156. The van der Waals surface area contributed by atoms with E-state index in [2.05, 4.69) is 16.0 Å². The zero-order valence-electron chi connectivity index (χ0n) is 59.4. The van der Waals surface area contributed by atoms with Crippen molar-refractivity contribution in [2.24, 2.45) is 17.8 Å². The van der Waals surface area contributed by atoms with Gasteiger partial charge >= 0.3 is 6.18 Å². The Kier molecular flexibility index (Phi) is 29.2. The molecule has 1 aromatic rings. The molecule has 98 heavy (non-hydrogen) atoms. The van der Waals surface area contributed by atoms with Gasteiger partial charge in [0.05, 0.1) is 43.2 Å². The Morgan fingerprint density at radius 1 is 0.663 bits per heavy atom. The summed E-state index contributed by atoms with van der Waals surface area (Å²) in [5.41, 5.74) is -2.37.